The molecule has 4 nitrogen and oxygen atoms in total. The number of nitrogens with zero attached hydrogens (tertiary/aromatic N) is 2. The van der Waals surface area contributed by atoms with Gasteiger partial charge in [-0.05, 0) is 30.2 Å². The van der Waals surface area contributed by atoms with E-state index in [2.05, 4.69) is 20.6 Å². The maximum Gasteiger partial charge on any atom is 0.434 e. The van der Waals surface area contributed by atoms with Crippen molar-refractivity contribution in [1.29, 1.82) is 0 Å². The van der Waals surface area contributed by atoms with Crippen LogP contribution in [0, 0.1) is 0 Å². The van der Waals surface area contributed by atoms with Gasteiger partial charge in [0.05, 0.1) is 6.54 Å². The highest BCUT2D eigenvalue weighted by Crippen LogP contribution is 2.29. The van der Waals surface area contributed by atoms with Gasteiger partial charge in [0.15, 0.2) is 11.7 Å². The van der Waals surface area contributed by atoms with Crippen LogP contribution >= 0.6 is 34.5 Å². The number of thiazole rings is 1. The van der Waals surface area contributed by atoms with E-state index < -0.39 is 11.9 Å². The van der Waals surface area contributed by atoms with Crippen LogP contribution in [0.5, 0.6) is 0 Å². The zero-order valence-electron chi connectivity index (χ0n) is 13.1. The van der Waals surface area contributed by atoms with Crippen LogP contribution in [0.4, 0.5) is 13.2 Å². The highest BCUT2D eigenvalue weighted by molar-refractivity contribution is 7.09. The van der Waals surface area contributed by atoms with Crippen molar-refractivity contribution < 1.29 is 13.2 Å². The van der Waals surface area contributed by atoms with Gasteiger partial charge in [-0.3, -0.25) is 4.99 Å². The number of hydrogen-bond acceptors (Lipinski definition) is 3. The fourth-order valence-electron chi connectivity index (χ4n) is 1.98. The van der Waals surface area contributed by atoms with E-state index in [1.807, 2.05) is 12.1 Å². The maximum atomic E-state index is 12.5. The van der Waals surface area contributed by atoms with Crippen molar-refractivity contribution in [3.05, 3.63) is 49.9 Å². The molecule has 10 heteroatoms. The molecule has 2 N–H and O–H groups in total. The number of nitrogens with one attached hydrogen (secondary N) is 2. The number of aliphatic imine (C=N–C) groups is 1. The topological polar surface area (TPSA) is 49.3 Å². The molecule has 2 rings (SSSR count). The van der Waals surface area contributed by atoms with Crippen molar-refractivity contribution >= 4 is 40.5 Å². The van der Waals surface area contributed by atoms with E-state index in [-0.39, 0.29) is 6.54 Å². The van der Waals surface area contributed by atoms with Crippen molar-refractivity contribution in [3.63, 3.8) is 0 Å². The van der Waals surface area contributed by atoms with Gasteiger partial charge in [0.1, 0.15) is 5.01 Å². The molecule has 0 aliphatic rings. The zero-order chi connectivity index (χ0) is 18.4. The number of halogens is 5. The maximum absolute atomic E-state index is 12.5. The molecule has 0 aliphatic heterocycles. The summed E-state index contributed by atoms with van der Waals surface area (Å²) in [5.41, 5.74) is 0.0882. The number of guanidine groups is 1. The molecule has 1 aromatic heterocycles. The summed E-state index contributed by atoms with van der Waals surface area (Å²) in [7, 11) is 1.58. The second-order valence-corrected chi connectivity index (χ2v) is 6.82. The van der Waals surface area contributed by atoms with Gasteiger partial charge in [-0.15, -0.1) is 11.3 Å². The monoisotopic (exact) mass is 410 g/mol. The van der Waals surface area contributed by atoms with E-state index >= 15 is 0 Å². The smallest absolute Gasteiger partial charge is 0.356 e. The minimum absolute atomic E-state index is 0.156. The molecular formula is C15H15Cl2F3N4S. The highest BCUT2D eigenvalue weighted by Gasteiger charge is 2.33. The summed E-state index contributed by atoms with van der Waals surface area (Å²) in [6.07, 6.45) is -3.76. The third-order valence-corrected chi connectivity index (χ3v) is 4.39. The zero-order valence-corrected chi connectivity index (χ0v) is 15.5. The first-order valence-electron chi connectivity index (χ1n) is 7.19. The number of benzene rings is 1. The van der Waals surface area contributed by atoms with Crippen molar-refractivity contribution in [1.82, 2.24) is 15.6 Å². The number of rotatable bonds is 5. The summed E-state index contributed by atoms with van der Waals surface area (Å²) in [6, 6.07) is 5.29. The molecule has 25 heavy (non-hydrogen) atoms. The highest BCUT2D eigenvalue weighted by atomic mass is 35.5. The molecule has 0 aliphatic carbocycles. The van der Waals surface area contributed by atoms with Crippen LogP contribution in [0.15, 0.2) is 28.6 Å². The van der Waals surface area contributed by atoms with Crippen molar-refractivity contribution in [2.45, 2.75) is 19.1 Å². The third-order valence-electron chi connectivity index (χ3n) is 3.10. The van der Waals surface area contributed by atoms with Crippen LogP contribution in [0.25, 0.3) is 0 Å². The fourth-order valence-corrected chi connectivity index (χ4v) is 3.29. The summed E-state index contributed by atoms with van der Waals surface area (Å²) >= 11 is 12.8. The Kier molecular flexibility index (Phi) is 6.92. The van der Waals surface area contributed by atoms with Crippen LogP contribution in [0.1, 0.15) is 16.3 Å². The minimum Gasteiger partial charge on any atom is -0.356 e. The Hall–Kier alpha value is -1.51. The lowest BCUT2D eigenvalue weighted by Crippen LogP contribution is -2.37. The molecule has 0 saturated carbocycles. The van der Waals surface area contributed by atoms with Crippen molar-refractivity contribution in [2.75, 3.05) is 13.6 Å². The Bertz CT molecular complexity index is 726. The Morgan fingerprint density at radius 1 is 1.20 bits per heavy atom. The van der Waals surface area contributed by atoms with Gasteiger partial charge >= 0.3 is 6.18 Å². The first kappa shape index (κ1) is 19.8. The van der Waals surface area contributed by atoms with Gasteiger partial charge in [-0.2, -0.15) is 13.2 Å². The second kappa shape index (κ2) is 8.73. The van der Waals surface area contributed by atoms with Crippen molar-refractivity contribution in [3.8, 4) is 0 Å². The van der Waals surface area contributed by atoms with Gasteiger partial charge < -0.3 is 10.6 Å². The Morgan fingerprint density at radius 3 is 2.44 bits per heavy atom. The molecule has 0 saturated heterocycles. The molecule has 0 radical (unpaired) electrons. The van der Waals surface area contributed by atoms with E-state index in [9.17, 15) is 13.2 Å². The van der Waals surface area contributed by atoms with Crippen LogP contribution < -0.4 is 10.6 Å². The van der Waals surface area contributed by atoms with E-state index in [0.29, 0.717) is 34.0 Å². The molecule has 0 spiro atoms. The Morgan fingerprint density at radius 2 is 1.88 bits per heavy atom. The van der Waals surface area contributed by atoms with E-state index in [0.717, 1.165) is 22.3 Å². The lowest BCUT2D eigenvalue weighted by molar-refractivity contribution is -0.140. The summed E-state index contributed by atoms with van der Waals surface area (Å²) in [5.74, 6) is 0.469. The lowest BCUT2D eigenvalue weighted by Gasteiger charge is -2.11. The first-order valence-corrected chi connectivity index (χ1v) is 8.82. The van der Waals surface area contributed by atoms with Crippen LogP contribution in [-0.2, 0) is 19.1 Å². The minimum atomic E-state index is -4.42. The van der Waals surface area contributed by atoms with Crippen molar-refractivity contribution in [2.24, 2.45) is 4.99 Å². The summed E-state index contributed by atoms with van der Waals surface area (Å²) < 4.78 is 37.6. The summed E-state index contributed by atoms with van der Waals surface area (Å²) in [5, 5.41) is 8.45. The van der Waals surface area contributed by atoms with Gasteiger partial charge in [-0.25, -0.2) is 4.98 Å². The predicted octanol–water partition coefficient (Wildman–Crippen LogP) is 4.38. The summed E-state index contributed by atoms with van der Waals surface area (Å²) in [4.78, 5) is 7.58. The number of aromatic nitrogens is 1. The van der Waals surface area contributed by atoms with Crippen LogP contribution in [-0.4, -0.2) is 24.5 Å². The number of alkyl halides is 3. The summed E-state index contributed by atoms with van der Waals surface area (Å²) in [6.45, 7) is 0.714. The average molecular weight is 411 g/mol. The SMILES string of the molecule is CN=C(NCCc1cc(Cl)cc(Cl)c1)NCc1nc(C(F)(F)F)cs1. The van der Waals surface area contributed by atoms with E-state index in [1.165, 1.54) is 0 Å². The second-order valence-electron chi connectivity index (χ2n) is 5.00. The Balaban J connectivity index is 1.82. The Labute approximate surface area is 157 Å². The van der Waals surface area contributed by atoms with Gasteiger partial charge in [0.2, 0.25) is 0 Å². The largest absolute Gasteiger partial charge is 0.434 e. The van der Waals surface area contributed by atoms with Crippen LogP contribution in [0.3, 0.4) is 0 Å². The molecule has 0 atom stereocenters. The lowest BCUT2D eigenvalue weighted by atomic mass is 10.1. The average Bonchev–Trinajstić information content (AvgIpc) is 2.99. The molecular weight excluding hydrogens is 396 g/mol. The quantitative estimate of drug-likeness (QED) is 0.567. The fraction of sp³-hybridized carbons (Fsp3) is 0.333. The molecule has 0 bridgehead atoms. The van der Waals surface area contributed by atoms with E-state index in [1.54, 1.807) is 13.1 Å². The van der Waals surface area contributed by atoms with Gasteiger partial charge in [-0.1, -0.05) is 23.2 Å². The molecule has 1 aromatic carbocycles. The number of hydrogen-bond donors (Lipinski definition) is 2. The molecule has 0 fully saturated rings. The van der Waals surface area contributed by atoms with Crippen LogP contribution in [0.2, 0.25) is 10.0 Å². The molecule has 2 aromatic rings. The molecule has 136 valence electrons. The molecule has 1 heterocycles. The van der Waals surface area contributed by atoms with Gasteiger partial charge in [0.25, 0.3) is 0 Å². The predicted molar refractivity (Wildman–Crippen MR) is 95.5 cm³/mol. The van der Waals surface area contributed by atoms with E-state index in [4.69, 9.17) is 23.2 Å². The standard InChI is InChI=1S/C15H15Cl2F3N4S/c1-21-14(22-3-2-9-4-10(16)6-11(17)5-9)23-7-13-24-12(8-25-13)15(18,19)20/h4-6,8H,2-3,7H2,1H3,(H2,21,22,23). The van der Waals surface area contributed by atoms with Gasteiger partial charge in [0, 0.05) is 29.0 Å². The first-order chi connectivity index (χ1) is 11.8. The third kappa shape index (κ3) is 6.37. The molecule has 0 amide bonds. The normalized spacial score (nSPS) is 12.3. The molecule has 0 unspecified atom stereocenters.